The fourth-order valence-corrected chi connectivity index (χ4v) is 3.74. The van der Waals surface area contributed by atoms with Crippen LogP contribution >= 0.6 is 24.4 Å². The average molecular weight is 254 g/mol. The molecule has 0 bridgehead atoms. The zero-order valence-electron chi connectivity index (χ0n) is 10.4. The van der Waals surface area contributed by atoms with Gasteiger partial charge in [-0.15, -0.1) is 0 Å². The van der Waals surface area contributed by atoms with Gasteiger partial charge in [-0.2, -0.15) is 24.4 Å². The fourth-order valence-electron chi connectivity index (χ4n) is 1.55. The van der Waals surface area contributed by atoms with Crippen LogP contribution in [0.3, 0.4) is 0 Å². The van der Waals surface area contributed by atoms with Gasteiger partial charge in [-0.1, -0.05) is 38.1 Å². The van der Waals surface area contributed by atoms with Gasteiger partial charge in [0.2, 0.25) is 0 Å². The maximum absolute atomic E-state index is 4.42. The van der Waals surface area contributed by atoms with Gasteiger partial charge < -0.3 is 0 Å². The molecule has 0 amide bonds. The highest BCUT2D eigenvalue weighted by Crippen LogP contribution is 2.22. The highest BCUT2D eigenvalue weighted by atomic mass is 32.2. The first-order chi connectivity index (χ1) is 7.65. The van der Waals surface area contributed by atoms with Crippen molar-refractivity contribution in [2.45, 2.75) is 26.5 Å². The third-order valence-electron chi connectivity index (χ3n) is 3.03. The Morgan fingerprint density at radius 1 is 1.25 bits per heavy atom. The van der Waals surface area contributed by atoms with E-state index >= 15 is 0 Å². The highest BCUT2D eigenvalue weighted by Gasteiger charge is 2.11. The molecule has 0 aromatic heterocycles. The van der Waals surface area contributed by atoms with Gasteiger partial charge >= 0.3 is 0 Å². The quantitative estimate of drug-likeness (QED) is 0.733. The van der Waals surface area contributed by atoms with Crippen LogP contribution in [-0.4, -0.2) is 11.5 Å². The second kappa shape index (κ2) is 7.29. The Kier molecular flexibility index (Phi) is 6.37. The Hall–Kier alpha value is -0.0800. The Balaban J connectivity index is 2.38. The van der Waals surface area contributed by atoms with Crippen molar-refractivity contribution in [1.82, 2.24) is 0 Å². The van der Waals surface area contributed by atoms with E-state index in [9.17, 15) is 0 Å². The summed E-state index contributed by atoms with van der Waals surface area (Å²) < 4.78 is 0. The summed E-state index contributed by atoms with van der Waals surface area (Å²) in [6.45, 7) is 6.76. The van der Waals surface area contributed by atoms with E-state index in [4.69, 9.17) is 0 Å². The molecule has 0 nitrogen and oxygen atoms in total. The summed E-state index contributed by atoms with van der Waals surface area (Å²) in [6.07, 6.45) is 0. The van der Waals surface area contributed by atoms with Crippen molar-refractivity contribution in [3.8, 4) is 0 Å². The van der Waals surface area contributed by atoms with Crippen LogP contribution in [0.5, 0.6) is 0 Å². The summed E-state index contributed by atoms with van der Waals surface area (Å²) in [5, 5.41) is 0. The molecule has 2 heteroatoms. The Morgan fingerprint density at radius 2 is 1.94 bits per heavy atom. The Labute approximate surface area is 110 Å². The molecule has 0 saturated heterocycles. The molecule has 16 heavy (non-hydrogen) atoms. The van der Waals surface area contributed by atoms with Crippen LogP contribution in [0.2, 0.25) is 0 Å². The molecular weight excluding hydrogens is 232 g/mol. The minimum absolute atomic E-state index is 0.734. The van der Waals surface area contributed by atoms with Crippen molar-refractivity contribution in [1.29, 1.82) is 0 Å². The standard InChI is InChI=1S/C14H22S2/c1-11(2)14(8-15)10-16-9-13-7-5-4-6-12(13)3/h4-7,11,14-15H,8-10H2,1-3H3. The third kappa shape index (κ3) is 4.42. The summed E-state index contributed by atoms with van der Waals surface area (Å²) in [6, 6.07) is 8.65. The predicted octanol–water partition coefficient (Wildman–Crippen LogP) is 4.43. The van der Waals surface area contributed by atoms with E-state index in [1.165, 1.54) is 16.9 Å². The number of rotatable bonds is 6. The van der Waals surface area contributed by atoms with Crippen LogP contribution in [0, 0.1) is 18.8 Å². The van der Waals surface area contributed by atoms with Crippen LogP contribution in [0.1, 0.15) is 25.0 Å². The van der Waals surface area contributed by atoms with Crippen molar-refractivity contribution < 1.29 is 0 Å². The molecule has 0 N–H and O–H groups in total. The van der Waals surface area contributed by atoms with Crippen LogP contribution in [0.25, 0.3) is 0 Å². The summed E-state index contributed by atoms with van der Waals surface area (Å²) >= 11 is 6.45. The zero-order valence-corrected chi connectivity index (χ0v) is 12.2. The molecule has 0 saturated carbocycles. The smallest absolute Gasteiger partial charge is 0.0187 e. The zero-order chi connectivity index (χ0) is 12.0. The lowest BCUT2D eigenvalue weighted by atomic mass is 10.0. The van der Waals surface area contributed by atoms with Crippen LogP contribution < -0.4 is 0 Å². The van der Waals surface area contributed by atoms with Gasteiger partial charge in [0.25, 0.3) is 0 Å². The van der Waals surface area contributed by atoms with Gasteiger partial charge in [-0.3, -0.25) is 0 Å². The van der Waals surface area contributed by atoms with E-state index in [-0.39, 0.29) is 0 Å². The predicted molar refractivity (Wildman–Crippen MR) is 79.5 cm³/mol. The van der Waals surface area contributed by atoms with E-state index in [0.29, 0.717) is 0 Å². The molecule has 1 aromatic rings. The highest BCUT2D eigenvalue weighted by molar-refractivity contribution is 7.98. The number of thioether (sulfide) groups is 1. The minimum atomic E-state index is 0.734. The molecule has 1 rings (SSSR count). The maximum Gasteiger partial charge on any atom is 0.0187 e. The van der Waals surface area contributed by atoms with E-state index in [1.54, 1.807) is 0 Å². The van der Waals surface area contributed by atoms with Crippen molar-refractivity contribution in [2.75, 3.05) is 11.5 Å². The molecule has 1 atom stereocenters. The topological polar surface area (TPSA) is 0 Å². The van der Waals surface area contributed by atoms with Crippen LogP contribution in [0.15, 0.2) is 24.3 Å². The molecular formula is C14H22S2. The summed E-state index contributed by atoms with van der Waals surface area (Å²) in [4.78, 5) is 0. The minimum Gasteiger partial charge on any atom is -0.179 e. The largest absolute Gasteiger partial charge is 0.179 e. The molecule has 1 unspecified atom stereocenters. The monoisotopic (exact) mass is 254 g/mol. The first-order valence-corrected chi connectivity index (χ1v) is 7.67. The van der Waals surface area contributed by atoms with Gasteiger partial charge in [0.15, 0.2) is 0 Å². The third-order valence-corrected chi connectivity index (χ3v) is 4.68. The van der Waals surface area contributed by atoms with Crippen molar-refractivity contribution in [2.24, 2.45) is 11.8 Å². The first-order valence-electron chi connectivity index (χ1n) is 5.88. The Bertz CT molecular complexity index is 307. The van der Waals surface area contributed by atoms with Gasteiger partial charge in [0.05, 0.1) is 0 Å². The fraction of sp³-hybridized carbons (Fsp3) is 0.571. The molecule has 90 valence electrons. The summed E-state index contributed by atoms with van der Waals surface area (Å²) in [5.41, 5.74) is 2.87. The molecule has 0 fully saturated rings. The van der Waals surface area contributed by atoms with Gasteiger partial charge in [-0.25, -0.2) is 0 Å². The lowest BCUT2D eigenvalue weighted by molar-refractivity contribution is 0.473. The van der Waals surface area contributed by atoms with E-state index in [1.807, 2.05) is 11.8 Å². The molecule has 0 heterocycles. The van der Waals surface area contributed by atoms with E-state index in [0.717, 1.165) is 23.3 Å². The van der Waals surface area contributed by atoms with Crippen molar-refractivity contribution >= 4 is 24.4 Å². The molecule has 1 aromatic carbocycles. The van der Waals surface area contributed by atoms with Gasteiger partial charge in [0, 0.05) is 5.75 Å². The number of thiol groups is 1. The normalized spacial score (nSPS) is 13.1. The second-order valence-electron chi connectivity index (χ2n) is 4.63. The second-order valence-corrected chi connectivity index (χ2v) is 6.02. The van der Waals surface area contributed by atoms with E-state index in [2.05, 4.69) is 57.7 Å². The summed E-state index contributed by atoms with van der Waals surface area (Å²) in [5.74, 6) is 4.82. The van der Waals surface area contributed by atoms with Crippen LogP contribution in [0.4, 0.5) is 0 Å². The number of hydrogen-bond donors (Lipinski definition) is 1. The lowest BCUT2D eigenvalue weighted by Gasteiger charge is -2.18. The number of aryl methyl sites for hydroxylation is 1. The molecule has 0 aliphatic rings. The van der Waals surface area contributed by atoms with Crippen LogP contribution in [-0.2, 0) is 5.75 Å². The SMILES string of the molecule is Cc1ccccc1CSCC(CS)C(C)C. The van der Waals surface area contributed by atoms with E-state index < -0.39 is 0 Å². The van der Waals surface area contributed by atoms with Gasteiger partial charge in [-0.05, 0) is 41.4 Å². The molecule has 0 aliphatic heterocycles. The lowest BCUT2D eigenvalue weighted by Crippen LogP contribution is -2.13. The summed E-state index contributed by atoms with van der Waals surface area (Å²) in [7, 11) is 0. The molecule has 0 spiro atoms. The molecule has 0 aliphatic carbocycles. The molecule has 0 radical (unpaired) electrons. The average Bonchev–Trinajstić information content (AvgIpc) is 2.26. The number of benzene rings is 1. The maximum atomic E-state index is 4.42. The Morgan fingerprint density at radius 3 is 2.50 bits per heavy atom. The van der Waals surface area contributed by atoms with Crippen molar-refractivity contribution in [3.63, 3.8) is 0 Å². The first kappa shape index (κ1) is 14.0. The van der Waals surface area contributed by atoms with Crippen molar-refractivity contribution in [3.05, 3.63) is 35.4 Å². The van der Waals surface area contributed by atoms with Gasteiger partial charge in [0.1, 0.15) is 0 Å². The number of hydrogen-bond acceptors (Lipinski definition) is 2.